The number of hydrogen-bond acceptors (Lipinski definition) is 9. The van der Waals surface area contributed by atoms with Gasteiger partial charge in [-0.2, -0.15) is 0 Å². The highest BCUT2D eigenvalue weighted by Gasteiger charge is 2.48. The number of amides is 1. The summed E-state index contributed by atoms with van der Waals surface area (Å²) in [5, 5.41) is 11.9. The molecule has 0 saturated carbocycles. The summed E-state index contributed by atoms with van der Waals surface area (Å²) in [6.45, 7) is 6.43. The number of aryl methyl sites for hydroxylation is 1. The second-order valence-corrected chi connectivity index (χ2v) is 10.7. The van der Waals surface area contributed by atoms with Crippen molar-refractivity contribution in [2.75, 3.05) is 25.2 Å². The van der Waals surface area contributed by atoms with Crippen LogP contribution in [-0.2, 0) is 14.3 Å². The molecule has 2 heterocycles. The van der Waals surface area contributed by atoms with Crippen LogP contribution in [0.4, 0.5) is 5.13 Å². The number of methoxy groups -OCH3 is 1. The third-order valence-electron chi connectivity index (χ3n) is 6.51. The van der Waals surface area contributed by atoms with Crippen molar-refractivity contribution < 1.29 is 33.7 Å². The van der Waals surface area contributed by atoms with Gasteiger partial charge in [-0.15, -0.1) is 0 Å². The summed E-state index contributed by atoms with van der Waals surface area (Å²) < 4.78 is 16.7. The smallest absolute Gasteiger partial charge is 0.350 e. The van der Waals surface area contributed by atoms with Gasteiger partial charge >= 0.3 is 11.9 Å². The number of carbonyl (C=O) groups is 3. The fraction of sp³-hybridized carbons (Fsp3) is 0.333. The Kier molecular flexibility index (Phi) is 9.67. The summed E-state index contributed by atoms with van der Waals surface area (Å²) in [4.78, 5) is 45.2. The van der Waals surface area contributed by atoms with Gasteiger partial charge in [0.05, 0.1) is 37.6 Å². The zero-order chi connectivity index (χ0) is 29.7. The molecule has 1 saturated heterocycles. The topological polar surface area (TPSA) is 115 Å². The van der Waals surface area contributed by atoms with Gasteiger partial charge in [-0.05, 0) is 62.2 Å². The standard InChI is InChI=1S/C30H31ClN2O7S/c1-5-7-8-15-40-21-14-11-19(16-22(21)39-6-2)24-23(25(34)18-9-12-20(31)13-10-18)26(35)28(36)33(24)30-32-17(3)27(41-30)29(37)38-4/h9-14,16,24,34H,5-8,15H2,1-4H3/b25-23+. The van der Waals surface area contributed by atoms with E-state index in [9.17, 15) is 19.5 Å². The Labute approximate surface area is 247 Å². The first-order chi connectivity index (χ1) is 19.7. The lowest BCUT2D eigenvalue weighted by Crippen LogP contribution is -2.29. The Morgan fingerprint density at radius 3 is 2.46 bits per heavy atom. The number of ether oxygens (including phenoxy) is 3. The number of hydrogen-bond donors (Lipinski definition) is 1. The minimum atomic E-state index is -1.07. The second-order valence-electron chi connectivity index (χ2n) is 9.27. The second kappa shape index (κ2) is 13.2. The number of aliphatic hydroxyl groups excluding tert-OH is 1. The number of thiazole rings is 1. The van der Waals surface area contributed by atoms with Crippen LogP contribution >= 0.6 is 22.9 Å². The predicted molar refractivity (Wildman–Crippen MR) is 157 cm³/mol. The van der Waals surface area contributed by atoms with Crippen molar-refractivity contribution in [2.24, 2.45) is 0 Å². The molecule has 11 heteroatoms. The normalized spacial score (nSPS) is 16.2. The summed E-state index contributed by atoms with van der Waals surface area (Å²) >= 11 is 6.96. The number of ketones is 1. The molecule has 1 fully saturated rings. The number of esters is 1. The van der Waals surface area contributed by atoms with E-state index in [0.29, 0.717) is 46.6 Å². The Hall–Kier alpha value is -3.89. The van der Waals surface area contributed by atoms with Crippen molar-refractivity contribution in [3.8, 4) is 11.5 Å². The molecule has 3 aromatic rings. The molecule has 1 aliphatic rings. The zero-order valence-corrected chi connectivity index (χ0v) is 24.8. The van der Waals surface area contributed by atoms with Crippen LogP contribution in [0, 0.1) is 6.92 Å². The number of anilines is 1. The number of aromatic nitrogens is 1. The van der Waals surface area contributed by atoms with Gasteiger partial charge in [-0.25, -0.2) is 9.78 Å². The molecule has 0 bridgehead atoms. The van der Waals surface area contributed by atoms with Crippen molar-refractivity contribution >= 4 is 51.5 Å². The molecular weight excluding hydrogens is 568 g/mol. The number of unbranched alkanes of at least 4 members (excludes halogenated alkanes) is 2. The molecule has 4 rings (SSSR count). The summed E-state index contributed by atoms with van der Waals surface area (Å²) in [5.41, 5.74) is 1.00. The SMILES string of the molecule is CCCCCOc1ccc(C2/C(=C(\O)c3ccc(Cl)cc3)C(=O)C(=O)N2c2nc(C)c(C(=O)OC)s2)cc1OCC. The summed E-state index contributed by atoms with van der Waals surface area (Å²) in [7, 11) is 1.25. The fourth-order valence-electron chi connectivity index (χ4n) is 4.49. The van der Waals surface area contributed by atoms with E-state index in [1.165, 1.54) is 12.0 Å². The van der Waals surface area contributed by atoms with Gasteiger partial charge in [0, 0.05) is 10.6 Å². The maximum absolute atomic E-state index is 13.5. The first-order valence-electron chi connectivity index (χ1n) is 13.2. The van der Waals surface area contributed by atoms with Crippen molar-refractivity contribution in [2.45, 2.75) is 46.1 Å². The highest BCUT2D eigenvalue weighted by molar-refractivity contribution is 7.17. The average Bonchev–Trinajstić information content (AvgIpc) is 3.47. The van der Waals surface area contributed by atoms with E-state index in [4.69, 9.17) is 25.8 Å². The van der Waals surface area contributed by atoms with Gasteiger partial charge in [0.25, 0.3) is 5.78 Å². The van der Waals surface area contributed by atoms with Crippen molar-refractivity contribution in [3.63, 3.8) is 0 Å². The maximum atomic E-state index is 13.5. The van der Waals surface area contributed by atoms with Gasteiger partial charge in [-0.3, -0.25) is 14.5 Å². The van der Waals surface area contributed by atoms with Gasteiger partial charge < -0.3 is 19.3 Å². The number of benzene rings is 2. The molecule has 0 aliphatic carbocycles. The summed E-state index contributed by atoms with van der Waals surface area (Å²) in [5.74, 6) is -1.81. The largest absolute Gasteiger partial charge is 0.507 e. The highest BCUT2D eigenvalue weighted by Crippen LogP contribution is 2.45. The van der Waals surface area contributed by atoms with Crippen LogP contribution in [0.1, 0.15) is 65.6 Å². The quantitative estimate of drug-likeness (QED) is 0.0876. The van der Waals surface area contributed by atoms with Crippen LogP contribution < -0.4 is 14.4 Å². The highest BCUT2D eigenvalue weighted by atomic mass is 35.5. The van der Waals surface area contributed by atoms with E-state index in [0.717, 1.165) is 30.6 Å². The lowest BCUT2D eigenvalue weighted by atomic mass is 9.95. The number of rotatable bonds is 11. The van der Waals surface area contributed by atoms with Gasteiger partial charge in [0.1, 0.15) is 10.6 Å². The minimum Gasteiger partial charge on any atom is -0.507 e. The summed E-state index contributed by atoms with van der Waals surface area (Å²) in [6.07, 6.45) is 2.97. The van der Waals surface area contributed by atoms with Crippen molar-refractivity contribution in [1.29, 1.82) is 0 Å². The average molecular weight is 599 g/mol. The molecule has 41 heavy (non-hydrogen) atoms. The number of nitrogens with zero attached hydrogens (tertiary/aromatic N) is 2. The van der Waals surface area contributed by atoms with E-state index in [2.05, 4.69) is 11.9 Å². The third-order valence-corrected chi connectivity index (χ3v) is 7.90. The minimum absolute atomic E-state index is 0.114. The van der Waals surface area contributed by atoms with Crippen LogP contribution in [0.5, 0.6) is 11.5 Å². The van der Waals surface area contributed by atoms with Crippen molar-refractivity contribution in [3.05, 3.63) is 74.8 Å². The fourth-order valence-corrected chi connectivity index (χ4v) is 5.63. The van der Waals surface area contributed by atoms with Crippen molar-refractivity contribution in [1.82, 2.24) is 4.98 Å². The van der Waals surface area contributed by atoms with Gasteiger partial charge in [-0.1, -0.05) is 48.8 Å². The molecule has 1 unspecified atom stereocenters. The molecule has 1 amide bonds. The first kappa shape index (κ1) is 30.1. The van der Waals surface area contributed by atoms with Gasteiger partial charge in [0.15, 0.2) is 16.6 Å². The van der Waals surface area contributed by atoms with E-state index >= 15 is 0 Å². The van der Waals surface area contributed by atoms with E-state index in [-0.39, 0.29) is 21.3 Å². The van der Waals surface area contributed by atoms with Crippen LogP contribution in [0.2, 0.25) is 5.02 Å². The molecular formula is C30H31ClN2O7S. The van der Waals surface area contributed by atoms with Crippen LogP contribution in [-0.4, -0.2) is 48.1 Å². The molecule has 216 valence electrons. The number of aliphatic hydroxyl groups is 1. The Morgan fingerprint density at radius 1 is 1.07 bits per heavy atom. The molecule has 1 aliphatic heterocycles. The number of Topliss-reactive ketones (excluding diaryl/α,β-unsaturated/α-hetero) is 1. The van der Waals surface area contributed by atoms with E-state index in [1.54, 1.807) is 49.4 Å². The predicted octanol–water partition coefficient (Wildman–Crippen LogP) is 6.49. The third kappa shape index (κ3) is 6.23. The lowest BCUT2D eigenvalue weighted by molar-refractivity contribution is -0.132. The van der Waals surface area contributed by atoms with Crippen LogP contribution in [0.15, 0.2) is 48.0 Å². The Bertz CT molecular complexity index is 1480. The molecule has 2 aromatic carbocycles. The zero-order valence-electron chi connectivity index (χ0n) is 23.2. The molecule has 0 radical (unpaired) electrons. The van der Waals surface area contributed by atoms with E-state index < -0.39 is 23.7 Å². The lowest BCUT2D eigenvalue weighted by Gasteiger charge is -2.24. The monoisotopic (exact) mass is 598 g/mol. The number of carbonyl (C=O) groups excluding carboxylic acids is 3. The molecule has 1 atom stereocenters. The maximum Gasteiger partial charge on any atom is 0.350 e. The first-order valence-corrected chi connectivity index (χ1v) is 14.4. The molecule has 0 spiro atoms. The Balaban J connectivity index is 1.88. The molecule has 9 nitrogen and oxygen atoms in total. The molecule has 1 N–H and O–H groups in total. The van der Waals surface area contributed by atoms with Crippen LogP contribution in [0.25, 0.3) is 5.76 Å². The number of halogens is 1. The summed E-state index contributed by atoms with van der Waals surface area (Å²) in [6, 6.07) is 10.3. The Morgan fingerprint density at radius 2 is 1.80 bits per heavy atom. The van der Waals surface area contributed by atoms with Crippen LogP contribution in [0.3, 0.4) is 0 Å². The molecule has 1 aromatic heterocycles. The van der Waals surface area contributed by atoms with Gasteiger partial charge in [0.2, 0.25) is 0 Å². The van der Waals surface area contributed by atoms with E-state index in [1.807, 2.05) is 6.92 Å².